The van der Waals surface area contributed by atoms with Gasteiger partial charge in [0.15, 0.2) is 5.43 Å². The van der Waals surface area contributed by atoms with Crippen molar-refractivity contribution in [2.75, 3.05) is 18.1 Å². The van der Waals surface area contributed by atoms with Crippen molar-refractivity contribution in [1.29, 1.82) is 0 Å². The number of benzene rings is 3. The Bertz CT molecular complexity index is 1430. The smallest absolute Gasteiger partial charge is 0.295 e. The van der Waals surface area contributed by atoms with Crippen LogP contribution < -0.4 is 19.8 Å². The normalized spacial score (nSPS) is 15.0. The van der Waals surface area contributed by atoms with E-state index in [2.05, 4.69) is 0 Å². The first-order valence-corrected chi connectivity index (χ1v) is 11.4. The van der Waals surface area contributed by atoms with E-state index < -0.39 is 6.04 Å². The lowest BCUT2D eigenvalue weighted by atomic mass is 9.98. The molecule has 0 saturated heterocycles. The monoisotopic (exact) mass is 475 g/mol. The van der Waals surface area contributed by atoms with Gasteiger partial charge in [-0.1, -0.05) is 23.7 Å². The molecule has 1 atom stereocenters. The number of carbonyl (C=O) groups excluding carboxylic acids is 1. The molecule has 1 amide bonds. The lowest BCUT2D eigenvalue weighted by Crippen LogP contribution is -2.29. The predicted molar refractivity (Wildman–Crippen MR) is 131 cm³/mol. The Balaban J connectivity index is 1.71. The van der Waals surface area contributed by atoms with Gasteiger partial charge < -0.3 is 13.9 Å². The number of nitrogens with zero attached hydrogens (tertiary/aromatic N) is 1. The van der Waals surface area contributed by atoms with Crippen LogP contribution in [0.1, 0.15) is 41.6 Å². The number of ether oxygens (including phenoxy) is 2. The Morgan fingerprint density at radius 1 is 0.882 bits per heavy atom. The van der Waals surface area contributed by atoms with Crippen LogP contribution in [0, 0.1) is 0 Å². The van der Waals surface area contributed by atoms with Gasteiger partial charge in [-0.15, -0.1) is 0 Å². The third kappa shape index (κ3) is 3.70. The van der Waals surface area contributed by atoms with E-state index >= 15 is 0 Å². The summed E-state index contributed by atoms with van der Waals surface area (Å²) < 4.78 is 17.1. The number of rotatable bonds is 6. The fourth-order valence-corrected chi connectivity index (χ4v) is 4.48. The molecule has 0 N–H and O–H groups in total. The van der Waals surface area contributed by atoms with Crippen molar-refractivity contribution < 1.29 is 18.7 Å². The summed E-state index contributed by atoms with van der Waals surface area (Å²) in [5.74, 6) is 1.06. The summed E-state index contributed by atoms with van der Waals surface area (Å²) in [7, 11) is 0. The van der Waals surface area contributed by atoms with Gasteiger partial charge in [-0.05, 0) is 74.0 Å². The first-order valence-electron chi connectivity index (χ1n) is 11.1. The molecule has 3 aromatic carbocycles. The average molecular weight is 476 g/mol. The molecule has 5 rings (SSSR count). The summed E-state index contributed by atoms with van der Waals surface area (Å²) in [5, 5.41) is 0.758. The molecule has 1 aliphatic heterocycles. The molecule has 2 heterocycles. The van der Waals surface area contributed by atoms with Gasteiger partial charge in [0.05, 0.1) is 30.2 Å². The highest BCUT2D eigenvalue weighted by atomic mass is 35.5. The fourth-order valence-electron chi connectivity index (χ4n) is 4.31. The second-order valence-corrected chi connectivity index (χ2v) is 8.26. The highest BCUT2D eigenvalue weighted by Gasteiger charge is 2.43. The Hall–Kier alpha value is -3.77. The third-order valence-electron chi connectivity index (χ3n) is 5.76. The molecule has 0 saturated carbocycles. The molecular formula is C27H22ClNO5. The molecule has 0 radical (unpaired) electrons. The van der Waals surface area contributed by atoms with Crippen LogP contribution in [0.25, 0.3) is 11.0 Å². The number of halogens is 1. The van der Waals surface area contributed by atoms with E-state index in [0.29, 0.717) is 46.4 Å². The topological polar surface area (TPSA) is 69.0 Å². The van der Waals surface area contributed by atoms with E-state index in [1.807, 2.05) is 38.1 Å². The zero-order valence-corrected chi connectivity index (χ0v) is 19.5. The minimum Gasteiger partial charge on any atom is -0.494 e. The molecule has 0 bridgehead atoms. The molecule has 1 aliphatic rings. The van der Waals surface area contributed by atoms with Gasteiger partial charge in [-0.3, -0.25) is 14.5 Å². The Morgan fingerprint density at radius 2 is 1.50 bits per heavy atom. The van der Waals surface area contributed by atoms with Gasteiger partial charge >= 0.3 is 0 Å². The van der Waals surface area contributed by atoms with Gasteiger partial charge in [0.1, 0.15) is 17.1 Å². The summed E-state index contributed by atoms with van der Waals surface area (Å²) in [6, 6.07) is 18.7. The molecular weight excluding hydrogens is 454 g/mol. The largest absolute Gasteiger partial charge is 0.494 e. The van der Waals surface area contributed by atoms with Crippen LogP contribution >= 0.6 is 11.6 Å². The van der Waals surface area contributed by atoms with Gasteiger partial charge in [0.25, 0.3) is 5.91 Å². The molecule has 1 unspecified atom stereocenters. The van der Waals surface area contributed by atoms with Crippen LogP contribution in [0.5, 0.6) is 11.5 Å². The number of hydrogen-bond donors (Lipinski definition) is 0. The van der Waals surface area contributed by atoms with Crippen LogP contribution in [0.4, 0.5) is 5.69 Å². The molecule has 0 aliphatic carbocycles. The SMILES string of the molecule is CCOc1ccc(C2c3c(oc4ccc(Cl)cc4c3=O)C(=O)N2c2ccc(OCC)cc2)cc1. The van der Waals surface area contributed by atoms with Crippen molar-refractivity contribution >= 4 is 34.2 Å². The molecule has 1 aromatic heterocycles. The van der Waals surface area contributed by atoms with Crippen LogP contribution in [0.3, 0.4) is 0 Å². The number of fused-ring (bicyclic) bond motifs is 2. The zero-order chi connectivity index (χ0) is 23.8. The second kappa shape index (κ2) is 8.88. The Kier molecular flexibility index (Phi) is 5.75. The van der Waals surface area contributed by atoms with Gasteiger partial charge in [-0.2, -0.15) is 0 Å². The molecule has 0 fully saturated rings. The minimum absolute atomic E-state index is 0.0348. The standard InChI is InChI=1S/C27H22ClNO5/c1-3-32-19-10-5-16(6-11-19)24-23-25(30)21-15-17(28)7-14-22(21)34-26(23)27(31)29(24)18-8-12-20(13-9-18)33-4-2/h5-15,24H,3-4H2,1-2H3. The van der Waals surface area contributed by atoms with Crippen molar-refractivity contribution in [2.45, 2.75) is 19.9 Å². The van der Waals surface area contributed by atoms with E-state index in [9.17, 15) is 9.59 Å². The molecule has 172 valence electrons. The summed E-state index contributed by atoms with van der Waals surface area (Å²) in [4.78, 5) is 28.9. The Labute approximate surface area is 201 Å². The maximum absolute atomic E-state index is 13.6. The van der Waals surface area contributed by atoms with Crippen molar-refractivity contribution in [3.05, 3.63) is 98.9 Å². The maximum atomic E-state index is 13.6. The van der Waals surface area contributed by atoms with Crippen molar-refractivity contribution in [3.8, 4) is 11.5 Å². The summed E-state index contributed by atoms with van der Waals surface area (Å²) >= 11 is 6.15. The number of hydrogen-bond acceptors (Lipinski definition) is 5. The van der Waals surface area contributed by atoms with Crippen LogP contribution in [0.15, 0.2) is 75.9 Å². The fraction of sp³-hybridized carbons (Fsp3) is 0.185. The molecule has 7 heteroatoms. The molecule has 6 nitrogen and oxygen atoms in total. The van der Waals surface area contributed by atoms with E-state index in [1.165, 1.54) is 0 Å². The summed E-state index contributed by atoms with van der Waals surface area (Å²) in [6.45, 7) is 4.90. The van der Waals surface area contributed by atoms with Gasteiger partial charge in [0, 0.05) is 10.7 Å². The van der Waals surface area contributed by atoms with Crippen molar-refractivity contribution in [2.24, 2.45) is 0 Å². The minimum atomic E-state index is -0.671. The lowest BCUT2D eigenvalue weighted by Gasteiger charge is -2.25. The molecule has 4 aromatic rings. The predicted octanol–water partition coefficient (Wildman–Crippen LogP) is 5.99. The van der Waals surface area contributed by atoms with E-state index in [1.54, 1.807) is 47.4 Å². The summed E-state index contributed by atoms with van der Waals surface area (Å²) in [6.07, 6.45) is 0. The van der Waals surface area contributed by atoms with E-state index in [-0.39, 0.29) is 22.7 Å². The van der Waals surface area contributed by atoms with Crippen LogP contribution in [-0.2, 0) is 0 Å². The number of carbonyl (C=O) groups is 1. The van der Waals surface area contributed by atoms with Gasteiger partial charge in [-0.25, -0.2) is 0 Å². The second-order valence-electron chi connectivity index (χ2n) is 7.82. The highest BCUT2D eigenvalue weighted by molar-refractivity contribution is 6.31. The molecule has 0 spiro atoms. The summed E-state index contributed by atoms with van der Waals surface area (Å²) in [5.41, 5.74) is 1.72. The van der Waals surface area contributed by atoms with E-state index in [4.69, 9.17) is 25.5 Å². The van der Waals surface area contributed by atoms with Crippen molar-refractivity contribution in [1.82, 2.24) is 0 Å². The highest BCUT2D eigenvalue weighted by Crippen LogP contribution is 2.42. The first kappa shape index (κ1) is 22.0. The lowest BCUT2D eigenvalue weighted by molar-refractivity contribution is 0.0971. The Morgan fingerprint density at radius 3 is 2.12 bits per heavy atom. The van der Waals surface area contributed by atoms with Crippen LogP contribution in [0.2, 0.25) is 5.02 Å². The van der Waals surface area contributed by atoms with Crippen molar-refractivity contribution in [3.63, 3.8) is 0 Å². The van der Waals surface area contributed by atoms with Gasteiger partial charge in [0.2, 0.25) is 5.76 Å². The zero-order valence-electron chi connectivity index (χ0n) is 18.7. The van der Waals surface area contributed by atoms with Crippen LogP contribution in [-0.4, -0.2) is 19.1 Å². The first-order chi connectivity index (χ1) is 16.5. The third-order valence-corrected chi connectivity index (χ3v) is 6.00. The number of amides is 1. The average Bonchev–Trinajstić information content (AvgIpc) is 3.13. The molecule has 34 heavy (non-hydrogen) atoms. The van der Waals surface area contributed by atoms with E-state index in [0.717, 1.165) is 5.56 Å². The maximum Gasteiger partial charge on any atom is 0.295 e. The number of anilines is 1. The quantitative estimate of drug-likeness (QED) is 0.342.